The molecule has 7 heteroatoms. The number of hydrogen-bond donors (Lipinski definition) is 3. The molecule has 0 aromatic carbocycles. The summed E-state index contributed by atoms with van der Waals surface area (Å²) in [5, 5.41) is 11.6. The fourth-order valence-corrected chi connectivity index (χ4v) is 2.40. The molecule has 3 N–H and O–H groups in total. The molecular weight excluding hydrogens is 260 g/mol. The van der Waals surface area contributed by atoms with E-state index in [9.17, 15) is 9.59 Å². The fraction of sp³-hybridized carbons (Fsp3) is 0.615. The van der Waals surface area contributed by atoms with Crippen LogP contribution in [0.4, 0.5) is 0 Å². The second kappa shape index (κ2) is 7.04. The van der Waals surface area contributed by atoms with E-state index in [2.05, 4.69) is 20.2 Å². The van der Waals surface area contributed by atoms with Crippen LogP contribution in [0.2, 0.25) is 0 Å². The molecule has 0 bridgehead atoms. The molecule has 1 aliphatic rings. The zero-order valence-electron chi connectivity index (χ0n) is 11.4. The van der Waals surface area contributed by atoms with Gasteiger partial charge in [0, 0.05) is 13.1 Å². The molecule has 0 atom stereocenters. The van der Waals surface area contributed by atoms with E-state index < -0.39 is 11.9 Å². The molecule has 1 aliphatic heterocycles. The first-order valence-corrected chi connectivity index (χ1v) is 6.95. The van der Waals surface area contributed by atoms with Crippen molar-refractivity contribution in [2.75, 3.05) is 26.2 Å². The molecule has 0 radical (unpaired) electrons. The van der Waals surface area contributed by atoms with E-state index in [0.29, 0.717) is 6.54 Å². The van der Waals surface area contributed by atoms with Gasteiger partial charge in [-0.3, -0.25) is 4.79 Å². The molecule has 2 rings (SSSR count). The highest BCUT2D eigenvalue weighted by atomic mass is 16.4. The van der Waals surface area contributed by atoms with Gasteiger partial charge >= 0.3 is 5.97 Å². The third kappa shape index (κ3) is 3.80. The topological polar surface area (TPSA) is 98.3 Å². The number of amides is 1. The van der Waals surface area contributed by atoms with Gasteiger partial charge in [-0.2, -0.15) is 0 Å². The van der Waals surface area contributed by atoms with Gasteiger partial charge in [0.1, 0.15) is 0 Å². The molecule has 0 aliphatic carbocycles. The molecule has 1 amide bonds. The number of nitrogens with zero attached hydrogens (tertiary/aromatic N) is 2. The molecule has 0 unspecified atom stereocenters. The Kier molecular flexibility index (Phi) is 5.11. The maximum absolute atomic E-state index is 11.9. The second-order valence-electron chi connectivity index (χ2n) is 4.94. The summed E-state index contributed by atoms with van der Waals surface area (Å²) in [6, 6.07) is 0. The summed E-state index contributed by atoms with van der Waals surface area (Å²) in [6.07, 6.45) is 6.18. The molecular formula is C13H20N4O3. The summed E-state index contributed by atoms with van der Waals surface area (Å²) in [7, 11) is 0. The Balaban J connectivity index is 1.80. The van der Waals surface area contributed by atoms with Crippen LogP contribution in [0.25, 0.3) is 0 Å². The van der Waals surface area contributed by atoms with Gasteiger partial charge in [-0.05, 0) is 25.9 Å². The van der Waals surface area contributed by atoms with Gasteiger partial charge < -0.3 is 20.3 Å². The average molecular weight is 280 g/mol. The summed E-state index contributed by atoms with van der Waals surface area (Å²) >= 11 is 0. The Bertz CT molecular complexity index is 464. The highest BCUT2D eigenvalue weighted by Crippen LogP contribution is 2.08. The standard InChI is InChI=1S/C13H20N4O3/c18-12(10-11(13(19)20)16-9-15-10)14-5-8-17-6-3-1-2-4-7-17/h9H,1-8H2,(H,14,18)(H,15,16)(H,19,20). The molecule has 2 heterocycles. The van der Waals surface area contributed by atoms with Crippen LogP contribution in [0, 0.1) is 0 Å². The molecule has 1 saturated heterocycles. The molecule has 7 nitrogen and oxygen atoms in total. The van der Waals surface area contributed by atoms with Crippen LogP contribution in [0.1, 0.15) is 46.7 Å². The number of hydrogen-bond acceptors (Lipinski definition) is 4. The Labute approximate surface area is 117 Å². The zero-order chi connectivity index (χ0) is 14.4. The van der Waals surface area contributed by atoms with Crippen LogP contribution in [0.15, 0.2) is 6.33 Å². The van der Waals surface area contributed by atoms with Crippen LogP contribution < -0.4 is 5.32 Å². The van der Waals surface area contributed by atoms with E-state index in [1.165, 1.54) is 32.0 Å². The first-order valence-electron chi connectivity index (χ1n) is 6.95. The quantitative estimate of drug-likeness (QED) is 0.738. The number of carbonyl (C=O) groups excluding carboxylic acids is 1. The number of aromatic nitrogens is 2. The van der Waals surface area contributed by atoms with Crippen LogP contribution in [-0.4, -0.2) is 58.0 Å². The van der Waals surface area contributed by atoms with Gasteiger partial charge in [0.15, 0.2) is 11.4 Å². The maximum atomic E-state index is 11.9. The van der Waals surface area contributed by atoms with E-state index in [1.807, 2.05) is 0 Å². The Morgan fingerprint density at radius 1 is 1.30 bits per heavy atom. The van der Waals surface area contributed by atoms with E-state index in [1.54, 1.807) is 0 Å². The summed E-state index contributed by atoms with van der Waals surface area (Å²) in [5.74, 6) is -1.63. The van der Waals surface area contributed by atoms with Crippen molar-refractivity contribution in [3.8, 4) is 0 Å². The number of likely N-dealkylation sites (tertiary alicyclic amines) is 1. The number of nitrogens with one attached hydrogen (secondary N) is 2. The summed E-state index contributed by atoms with van der Waals surface area (Å²) in [4.78, 5) is 31.3. The van der Waals surface area contributed by atoms with E-state index in [0.717, 1.165) is 19.6 Å². The van der Waals surface area contributed by atoms with Crippen LogP contribution >= 0.6 is 0 Å². The van der Waals surface area contributed by atoms with E-state index in [-0.39, 0.29) is 11.4 Å². The lowest BCUT2D eigenvalue weighted by molar-refractivity contribution is 0.0685. The number of carboxylic acids is 1. The van der Waals surface area contributed by atoms with E-state index >= 15 is 0 Å². The van der Waals surface area contributed by atoms with Crippen molar-refractivity contribution in [1.82, 2.24) is 20.2 Å². The van der Waals surface area contributed by atoms with Gasteiger partial charge in [-0.1, -0.05) is 12.8 Å². The monoisotopic (exact) mass is 280 g/mol. The lowest BCUT2D eigenvalue weighted by Crippen LogP contribution is -2.36. The lowest BCUT2D eigenvalue weighted by atomic mass is 10.2. The fourth-order valence-electron chi connectivity index (χ4n) is 2.40. The van der Waals surface area contributed by atoms with Crippen LogP contribution in [0.3, 0.4) is 0 Å². The number of aromatic carboxylic acids is 1. The number of carboxylic acid groups (broad SMARTS) is 1. The smallest absolute Gasteiger partial charge is 0.354 e. The molecule has 110 valence electrons. The largest absolute Gasteiger partial charge is 0.477 e. The second-order valence-corrected chi connectivity index (χ2v) is 4.94. The number of H-pyrrole nitrogens is 1. The highest BCUT2D eigenvalue weighted by Gasteiger charge is 2.19. The van der Waals surface area contributed by atoms with Crippen molar-refractivity contribution in [3.05, 3.63) is 17.7 Å². The van der Waals surface area contributed by atoms with Crippen molar-refractivity contribution in [2.24, 2.45) is 0 Å². The molecule has 20 heavy (non-hydrogen) atoms. The lowest BCUT2D eigenvalue weighted by Gasteiger charge is -2.19. The third-order valence-electron chi connectivity index (χ3n) is 3.48. The third-order valence-corrected chi connectivity index (χ3v) is 3.48. The summed E-state index contributed by atoms with van der Waals surface area (Å²) in [5.41, 5.74) is -0.231. The predicted molar refractivity (Wildman–Crippen MR) is 72.8 cm³/mol. The van der Waals surface area contributed by atoms with Crippen LogP contribution in [-0.2, 0) is 0 Å². The number of rotatable bonds is 5. The molecule has 0 saturated carbocycles. The van der Waals surface area contributed by atoms with Crippen LogP contribution in [0.5, 0.6) is 0 Å². The van der Waals surface area contributed by atoms with Gasteiger partial charge in [0.2, 0.25) is 0 Å². The van der Waals surface area contributed by atoms with E-state index in [4.69, 9.17) is 5.11 Å². The number of aromatic amines is 1. The van der Waals surface area contributed by atoms with Crippen molar-refractivity contribution in [3.63, 3.8) is 0 Å². The Hall–Kier alpha value is -1.89. The minimum Gasteiger partial charge on any atom is -0.477 e. The van der Waals surface area contributed by atoms with Gasteiger partial charge in [0.05, 0.1) is 6.33 Å². The average Bonchev–Trinajstić information content (AvgIpc) is 2.78. The molecule has 1 aromatic heterocycles. The zero-order valence-corrected chi connectivity index (χ0v) is 11.4. The van der Waals surface area contributed by atoms with Gasteiger partial charge in [-0.25, -0.2) is 9.78 Å². The van der Waals surface area contributed by atoms with Crippen molar-refractivity contribution >= 4 is 11.9 Å². The minimum absolute atomic E-state index is 0.0617. The first kappa shape index (κ1) is 14.5. The minimum atomic E-state index is -1.18. The Morgan fingerprint density at radius 2 is 2.00 bits per heavy atom. The van der Waals surface area contributed by atoms with Gasteiger partial charge in [0.25, 0.3) is 5.91 Å². The van der Waals surface area contributed by atoms with Crippen molar-refractivity contribution in [1.29, 1.82) is 0 Å². The first-order chi connectivity index (χ1) is 9.68. The van der Waals surface area contributed by atoms with Crippen molar-refractivity contribution in [2.45, 2.75) is 25.7 Å². The maximum Gasteiger partial charge on any atom is 0.354 e. The SMILES string of the molecule is O=C(NCCN1CCCCCC1)c1nc[nH]c1C(=O)O. The summed E-state index contributed by atoms with van der Waals surface area (Å²) in [6.45, 7) is 3.43. The van der Waals surface area contributed by atoms with Gasteiger partial charge in [-0.15, -0.1) is 0 Å². The summed E-state index contributed by atoms with van der Waals surface area (Å²) < 4.78 is 0. The number of imidazole rings is 1. The Morgan fingerprint density at radius 3 is 2.65 bits per heavy atom. The normalized spacial score (nSPS) is 16.6. The molecule has 1 aromatic rings. The highest BCUT2D eigenvalue weighted by molar-refractivity contribution is 6.02. The molecule has 0 spiro atoms. The molecule has 1 fully saturated rings. The predicted octanol–water partition coefficient (Wildman–Crippen LogP) is 0.714. The number of carbonyl (C=O) groups is 2. The van der Waals surface area contributed by atoms with Crippen molar-refractivity contribution < 1.29 is 14.7 Å².